The maximum Gasteiger partial charge on any atom is 0.0885 e. The van der Waals surface area contributed by atoms with Crippen molar-refractivity contribution in [3.8, 4) is 0 Å². The molecule has 14 heavy (non-hydrogen) atoms. The van der Waals surface area contributed by atoms with Crippen molar-refractivity contribution < 1.29 is 0 Å². The molecule has 1 aromatic rings. The molecule has 1 N–H and O–H groups in total. The second-order valence-electron chi connectivity index (χ2n) is 4.48. The average Bonchev–Trinajstić information content (AvgIpc) is 2.60. The zero-order chi connectivity index (χ0) is 9.54. The lowest BCUT2D eigenvalue weighted by Crippen LogP contribution is -2.32. The van der Waals surface area contributed by atoms with Gasteiger partial charge in [0.05, 0.1) is 17.4 Å². The van der Waals surface area contributed by atoms with Gasteiger partial charge in [0.1, 0.15) is 0 Å². The maximum absolute atomic E-state index is 4.30. The van der Waals surface area contributed by atoms with Crippen LogP contribution in [0.5, 0.6) is 0 Å². The Kier molecular flexibility index (Phi) is 1.83. The van der Waals surface area contributed by atoms with E-state index in [9.17, 15) is 0 Å². The Morgan fingerprint density at radius 3 is 3.07 bits per heavy atom. The van der Waals surface area contributed by atoms with Gasteiger partial charge < -0.3 is 5.32 Å². The Morgan fingerprint density at radius 2 is 2.36 bits per heavy atom. The summed E-state index contributed by atoms with van der Waals surface area (Å²) in [6, 6.07) is 0.617. The van der Waals surface area contributed by atoms with Crippen LogP contribution in [0.15, 0.2) is 0 Å². The summed E-state index contributed by atoms with van der Waals surface area (Å²) in [5.41, 5.74) is 2.54. The van der Waals surface area contributed by atoms with Crippen LogP contribution in [0.2, 0.25) is 0 Å². The number of hydrogen-bond acceptors (Lipinski definition) is 3. The molecule has 3 rings (SSSR count). The van der Waals surface area contributed by atoms with E-state index in [1.807, 2.05) is 0 Å². The van der Waals surface area contributed by atoms with E-state index >= 15 is 0 Å². The Hall–Kier alpha value is -0.900. The summed E-state index contributed by atoms with van der Waals surface area (Å²) in [6.45, 7) is 4.30. The van der Waals surface area contributed by atoms with Gasteiger partial charge in [0.15, 0.2) is 0 Å². The van der Waals surface area contributed by atoms with Gasteiger partial charge in [-0.25, -0.2) is 4.68 Å². The van der Waals surface area contributed by atoms with Crippen LogP contribution < -0.4 is 5.32 Å². The number of fused-ring (bicyclic) bond motifs is 1. The molecule has 0 bridgehead atoms. The molecular weight excluding hydrogens is 176 g/mol. The summed E-state index contributed by atoms with van der Waals surface area (Å²) < 4.78 is 2.16. The number of nitrogens with one attached hydrogen (secondary N) is 1. The molecule has 0 spiro atoms. The molecule has 1 aromatic heterocycles. The molecule has 1 fully saturated rings. The first-order chi connectivity index (χ1) is 6.86. The molecule has 2 atom stereocenters. The van der Waals surface area contributed by atoms with Crippen molar-refractivity contribution in [3.63, 3.8) is 0 Å². The van der Waals surface area contributed by atoms with Gasteiger partial charge in [-0.15, -0.1) is 5.10 Å². The number of rotatable bonds is 1. The molecule has 0 amide bonds. The lowest BCUT2D eigenvalue weighted by atomic mass is 9.81. The highest BCUT2D eigenvalue weighted by molar-refractivity contribution is 5.14. The van der Waals surface area contributed by atoms with Crippen LogP contribution in [-0.2, 0) is 13.0 Å². The normalized spacial score (nSPS) is 30.9. The quantitative estimate of drug-likeness (QED) is 0.718. The third-order valence-corrected chi connectivity index (χ3v) is 3.59. The third kappa shape index (κ3) is 1.10. The van der Waals surface area contributed by atoms with Crippen LogP contribution in [0.1, 0.15) is 37.2 Å². The predicted octanol–water partition coefficient (Wildman–Crippen LogP) is 0.895. The van der Waals surface area contributed by atoms with Gasteiger partial charge in [-0.05, 0) is 18.8 Å². The van der Waals surface area contributed by atoms with Crippen LogP contribution >= 0.6 is 0 Å². The molecule has 2 heterocycles. The SMILES string of the molecule is CC1CCC1n1nnc2c1CNCC2. The highest BCUT2D eigenvalue weighted by Gasteiger charge is 2.32. The highest BCUT2D eigenvalue weighted by atomic mass is 15.5. The third-order valence-electron chi connectivity index (χ3n) is 3.59. The van der Waals surface area contributed by atoms with Crippen LogP contribution in [0.4, 0.5) is 0 Å². The van der Waals surface area contributed by atoms with Crippen molar-refractivity contribution in [1.29, 1.82) is 0 Å². The largest absolute Gasteiger partial charge is 0.311 e. The molecule has 2 unspecified atom stereocenters. The first-order valence-corrected chi connectivity index (χ1v) is 5.50. The number of aromatic nitrogens is 3. The van der Waals surface area contributed by atoms with E-state index < -0.39 is 0 Å². The van der Waals surface area contributed by atoms with E-state index in [0.29, 0.717) is 6.04 Å². The van der Waals surface area contributed by atoms with Crippen LogP contribution in [-0.4, -0.2) is 21.5 Å². The fourth-order valence-electron chi connectivity index (χ4n) is 2.42. The molecular formula is C10H16N4. The summed E-state index contributed by atoms with van der Waals surface area (Å²) in [6.07, 6.45) is 3.65. The van der Waals surface area contributed by atoms with Crippen LogP contribution in [0, 0.1) is 5.92 Å². The summed E-state index contributed by atoms with van der Waals surface area (Å²) in [7, 11) is 0. The minimum Gasteiger partial charge on any atom is -0.311 e. The van der Waals surface area contributed by atoms with E-state index in [0.717, 1.165) is 25.4 Å². The number of nitrogens with zero attached hydrogens (tertiary/aromatic N) is 3. The average molecular weight is 192 g/mol. The smallest absolute Gasteiger partial charge is 0.0885 e. The predicted molar refractivity (Wildman–Crippen MR) is 52.9 cm³/mol. The minimum absolute atomic E-state index is 0.617. The topological polar surface area (TPSA) is 42.7 Å². The van der Waals surface area contributed by atoms with Crippen molar-refractivity contribution in [2.24, 2.45) is 5.92 Å². The molecule has 1 aliphatic carbocycles. The van der Waals surface area contributed by atoms with Crippen molar-refractivity contribution in [2.75, 3.05) is 6.54 Å². The first kappa shape index (κ1) is 8.41. The Bertz CT molecular complexity index is 344. The standard InChI is InChI=1S/C10H16N4/c1-7-2-3-9(7)14-10-6-11-5-4-8(10)12-13-14/h7,9,11H,2-6H2,1H3. The Morgan fingerprint density at radius 1 is 1.43 bits per heavy atom. The van der Waals surface area contributed by atoms with E-state index in [-0.39, 0.29) is 0 Å². The van der Waals surface area contributed by atoms with Crippen molar-refractivity contribution in [1.82, 2.24) is 20.3 Å². The monoisotopic (exact) mass is 192 g/mol. The zero-order valence-corrected chi connectivity index (χ0v) is 8.53. The second kappa shape index (κ2) is 3.05. The fourth-order valence-corrected chi connectivity index (χ4v) is 2.42. The summed E-state index contributed by atoms with van der Waals surface area (Å²) in [5.74, 6) is 0.780. The first-order valence-electron chi connectivity index (χ1n) is 5.50. The van der Waals surface area contributed by atoms with E-state index in [1.165, 1.54) is 24.2 Å². The molecule has 4 nitrogen and oxygen atoms in total. The van der Waals surface area contributed by atoms with Gasteiger partial charge in [0.2, 0.25) is 0 Å². The van der Waals surface area contributed by atoms with E-state index in [2.05, 4.69) is 27.2 Å². The van der Waals surface area contributed by atoms with E-state index in [4.69, 9.17) is 0 Å². The number of hydrogen-bond donors (Lipinski definition) is 1. The van der Waals surface area contributed by atoms with Gasteiger partial charge in [-0.1, -0.05) is 12.1 Å². The van der Waals surface area contributed by atoms with Crippen molar-refractivity contribution >= 4 is 0 Å². The van der Waals surface area contributed by atoms with Crippen LogP contribution in [0.25, 0.3) is 0 Å². The molecule has 0 aromatic carbocycles. The zero-order valence-electron chi connectivity index (χ0n) is 8.53. The second-order valence-corrected chi connectivity index (χ2v) is 4.48. The van der Waals surface area contributed by atoms with Crippen molar-refractivity contribution in [3.05, 3.63) is 11.4 Å². The summed E-state index contributed by atoms with van der Waals surface area (Å²) in [4.78, 5) is 0. The van der Waals surface area contributed by atoms with Gasteiger partial charge in [0, 0.05) is 19.5 Å². The molecule has 1 saturated carbocycles. The molecule has 0 saturated heterocycles. The lowest BCUT2D eigenvalue weighted by Gasteiger charge is -2.34. The molecule has 1 aliphatic heterocycles. The van der Waals surface area contributed by atoms with Gasteiger partial charge in [-0.3, -0.25) is 0 Å². The molecule has 2 aliphatic rings. The van der Waals surface area contributed by atoms with Gasteiger partial charge in [-0.2, -0.15) is 0 Å². The molecule has 0 radical (unpaired) electrons. The fraction of sp³-hybridized carbons (Fsp3) is 0.800. The lowest BCUT2D eigenvalue weighted by molar-refractivity contribution is 0.177. The van der Waals surface area contributed by atoms with E-state index in [1.54, 1.807) is 0 Å². The van der Waals surface area contributed by atoms with Crippen molar-refractivity contribution in [2.45, 2.75) is 38.8 Å². The maximum atomic E-state index is 4.30. The Balaban J connectivity index is 1.94. The van der Waals surface area contributed by atoms with Crippen LogP contribution in [0.3, 0.4) is 0 Å². The summed E-state index contributed by atoms with van der Waals surface area (Å²) >= 11 is 0. The Labute approximate surface area is 83.7 Å². The highest BCUT2D eigenvalue weighted by Crippen LogP contribution is 2.38. The van der Waals surface area contributed by atoms with Gasteiger partial charge in [0.25, 0.3) is 0 Å². The molecule has 4 heteroatoms. The summed E-state index contributed by atoms with van der Waals surface area (Å²) in [5, 5.41) is 11.9. The molecule has 76 valence electrons. The minimum atomic E-state index is 0.617. The van der Waals surface area contributed by atoms with Gasteiger partial charge >= 0.3 is 0 Å².